The maximum atomic E-state index is 13.3. The molecule has 4 aliphatic heterocycles. The Morgan fingerprint density at radius 1 is 1.38 bits per heavy atom. The number of fused-ring (bicyclic) bond motifs is 3. The Balaban J connectivity index is 1.66. The molecule has 5 heterocycles. The molecule has 5 atom stereocenters. The molecule has 6 aliphatic rings. The zero-order chi connectivity index (χ0) is 17.4. The summed E-state index contributed by atoms with van der Waals surface area (Å²) in [6.07, 6.45) is 5.33. The Morgan fingerprint density at radius 2 is 2.27 bits per heavy atom. The van der Waals surface area contributed by atoms with Crippen molar-refractivity contribution in [3.8, 4) is 0 Å². The molecule has 3 bridgehead atoms. The van der Waals surface area contributed by atoms with Gasteiger partial charge in [0, 0.05) is 36.0 Å². The van der Waals surface area contributed by atoms with E-state index in [0.29, 0.717) is 5.69 Å². The van der Waals surface area contributed by atoms with E-state index in [1.165, 1.54) is 5.56 Å². The van der Waals surface area contributed by atoms with Gasteiger partial charge in [-0.1, -0.05) is 0 Å². The summed E-state index contributed by atoms with van der Waals surface area (Å²) in [6.45, 7) is 0.788. The van der Waals surface area contributed by atoms with Gasteiger partial charge in [0.05, 0.1) is 28.6 Å². The second-order valence-electron chi connectivity index (χ2n) is 8.03. The zero-order valence-corrected chi connectivity index (χ0v) is 15.0. The lowest BCUT2D eigenvalue weighted by molar-refractivity contribution is -0.130. The topological polar surface area (TPSA) is 74.4 Å². The summed E-state index contributed by atoms with van der Waals surface area (Å²) in [4.78, 5) is 33.0. The van der Waals surface area contributed by atoms with Gasteiger partial charge in [0.1, 0.15) is 6.04 Å². The highest BCUT2D eigenvalue weighted by Gasteiger charge is 2.68. The van der Waals surface area contributed by atoms with E-state index in [-0.39, 0.29) is 40.5 Å². The lowest BCUT2D eigenvalue weighted by Crippen LogP contribution is -2.68. The maximum absolute atomic E-state index is 13.3. The number of carbonyl (C=O) groups excluding carboxylic acids is 2. The minimum absolute atomic E-state index is 0.128. The lowest BCUT2D eigenvalue weighted by Gasteiger charge is -2.58. The minimum Gasteiger partial charge on any atom is -0.378 e. The number of hydrogen-bond donors (Lipinski definition) is 2. The zero-order valence-electron chi connectivity index (χ0n) is 14.2. The standard InChI is InChI=1S/C19H17N3O3S/c1-25-18-15-8(23)4-9-19(18)5-10(26-9)21-14-12(19)16-11-7(2-3-22(15)16)6-20-13(11)17(14)24/h4,6,10,14-15,18,20-21H,2-3,5H2,1H3/t10-,14+,15+,18-,19+/m0/s1. The second-order valence-corrected chi connectivity index (χ2v) is 9.27. The van der Waals surface area contributed by atoms with E-state index in [9.17, 15) is 9.59 Å². The van der Waals surface area contributed by atoms with Crippen LogP contribution in [0.3, 0.4) is 0 Å². The van der Waals surface area contributed by atoms with Gasteiger partial charge < -0.3 is 14.6 Å². The van der Waals surface area contributed by atoms with Gasteiger partial charge in [0.15, 0.2) is 5.78 Å². The van der Waals surface area contributed by atoms with Crippen LogP contribution < -0.4 is 5.32 Å². The normalized spacial score (nSPS) is 41.0. The molecule has 1 spiro atoms. The van der Waals surface area contributed by atoms with Crippen LogP contribution >= 0.6 is 11.8 Å². The van der Waals surface area contributed by atoms with Crippen LogP contribution in [0.2, 0.25) is 0 Å². The number of ether oxygens (including phenoxy) is 1. The van der Waals surface area contributed by atoms with Gasteiger partial charge in [-0.3, -0.25) is 14.9 Å². The van der Waals surface area contributed by atoms with Crippen LogP contribution in [0.5, 0.6) is 0 Å². The summed E-state index contributed by atoms with van der Waals surface area (Å²) in [7, 11) is 1.71. The fourth-order valence-electron chi connectivity index (χ4n) is 6.30. The monoisotopic (exact) mass is 367 g/mol. The van der Waals surface area contributed by atoms with Crippen LogP contribution in [0.1, 0.15) is 28.0 Å². The minimum atomic E-state index is -0.330. The Hall–Kier alpha value is -1.83. The number of hydrogen-bond acceptors (Lipinski definition) is 6. The molecule has 0 unspecified atom stereocenters. The van der Waals surface area contributed by atoms with Crippen molar-refractivity contribution in [3.05, 3.63) is 39.6 Å². The van der Waals surface area contributed by atoms with Crippen LogP contribution in [0.15, 0.2) is 22.8 Å². The van der Waals surface area contributed by atoms with E-state index < -0.39 is 0 Å². The predicted molar refractivity (Wildman–Crippen MR) is 95.5 cm³/mol. The molecule has 0 amide bonds. The average molecular weight is 367 g/mol. The van der Waals surface area contributed by atoms with Crippen LogP contribution in [-0.4, -0.2) is 58.7 Å². The molecule has 2 aliphatic carbocycles. The first-order valence-electron chi connectivity index (χ1n) is 9.13. The number of nitrogens with zero attached hydrogens (tertiary/aromatic N) is 1. The highest BCUT2D eigenvalue weighted by molar-refractivity contribution is 8.04. The molecule has 2 saturated heterocycles. The number of H-pyrrole nitrogens is 1. The maximum Gasteiger partial charge on any atom is 0.200 e. The smallest absolute Gasteiger partial charge is 0.200 e. The molecule has 0 saturated carbocycles. The summed E-state index contributed by atoms with van der Waals surface area (Å²) in [5.74, 6) is 0.265. The lowest BCUT2D eigenvalue weighted by atomic mass is 9.57. The summed E-state index contributed by atoms with van der Waals surface area (Å²) in [6, 6.07) is -0.613. The van der Waals surface area contributed by atoms with Crippen molar-refractivity contribution in [1.29, 1.82) is 0 Å². The van der Waals surface area contributed by atoms with Crippen molar-refractivity contribution in [3.63, 3.8) is 0 Å². The molecule has 2 fully saturated rings. The number of nitrogens with one attached hydrogen (secondary N) is 2. The van der Waals surface area contributed by atoms with Crippen molar-refractivity contribution >= 4 is 29.0 Å². The Labute approximate surface area is 154 Å². The van der Waals surface area contributed by atoms with Crippen molar-refractivity contribution in [1.82, 2.24) is 15.2 Å². The van der Waals surface area contributed by atoms with Crippen LogP contribution in [0, 0.1) is 5.41 Å². The first-order chi connectivity index (χ1) is 12.6. The molecule has 1 aromatic rings. The number of carbonyl (C=O) groups is 2. The molecule has 2 N–H and O–H groups in total. The van der Waals surface area contributed by atoms with Gasteiger partial charge in [0.25, 0.3) is 0 Å². The van der Waals surface area contributed by atoms with E-state index in [1.807, 2.05) is 12.3 Å². The highest BCUT2D eigenvalue weighted by Crippen LogP contribution is 2.67. The van der Waals surface area contributed by atoms with E-state index >= 15 is 0 Å². The third kappa shape index (κ3) is 1.25. The Kier molecular flexibility index (Phi) is 2.29. The van der Waals surface area contributed by atoms with E-state index in [1.54, 1.807) is 18.9 Å². The average Bonchev–Trinajstić information content (AvgIpc) is 3.18. The van der Waals surface area contributed by atoms with Crippen molar-refractivity contribution in [2.75, 3.05) is 13.7 Å². The number of thioether (sulfide) groups is 1. The van der Waals surface area contributed by atoms with Crippen LogP contribution in [-0.2, 0) is 16.0 Å². The molecule has 7 heteroatoms. The number of rotatable bonds is 1. The summed E-state index contributed by atoms with van der Waals surface area (Å²) in [5.41, 5.74) is 4.88. The van der Waals surface area contributed by atoms with E-state index in [4.69, 9.17) is 4.74 Å². The molecule has 6 nitrogen and oxygen atoms in total. The SMILES string of the molecule is CO[C@H]1[C@H]2C(=O)C=C3S[C@H]4C[C@]31C1=C3c5c(c[nH]c5C(=O)[C@@H]1N4)CCN32. The largest absolute Gasteiger partial charge is 0.378 e. The fourth-order valence-corrected chi connectivity index (χ4v) is 7.86. The van der Waals surface area contributed by atoms with Gasteiger partial charge in [-0.05, 0) is 30.1 Å². The van der Waals surface area contributed by atoms with Gasteiger partial charge >= 0.3 is 0 Å². The molecule has 0 radical (unpaired) electrons. The van der Waals surface area contributed by atoms with E-state index in [0.717, 1.165) is 41.1 Å². The van der Waals surface area contributed by atoms with Gasteiger partial charge in [0.2, 0.25) is 5.78 Å². The number of methoxy groups -OCH3 is 1. The number of aromatic amines is 1. The number of aromatic nitrogens is 1. The summed E-state index contributed by atoms with van der Waals surface area (Å²) >= 11 is 1.71. The quantitative estimate of drug-likeness (QED) is 0.773. The third-order valence-corrected chi connectivity index (χ3v) is 8.46. The predicted octanol–water partition coefficient (Wildman–Crippen LogP) is 1.07. The molecular weight excluding hydrogens is 350 g/mol. The second kappa shape index (κ2) is 4.18. The molecule has 132 valence electrons. The summed E-state index contributed by atoms with van der Waals surface area (Å²) < 4.78 is 6.01. The van der Waals surface area contributed by atoms with Crippen LogP contribution in [0.25, 0.3) is 5.70 Å². The van der Waals surface area contributed by atoms with Crippen molar-refractivity contribution in [2.24, 2.45) is 5.41 Å². The van der Waals surface area contributed by atoms with Gasteiger partial charge in [-0.25, -0.2) is 0 Å². The molecular formula is C19H17N3O3S. The third-order valence-electron chi connectivity index (χ3n) is 7.14. The fraction of sp³-hybridized carbons (Fsp3) is 0.474. The highest BCUT2D eigenvalue weighted by atomic mass is 32.2. The Bertz CT molecular complexity index is 1010. The number of ketones is 2. The number of Topliss-reactive ketones (excluding diaryl/α,β-unsaturated/α-hetero) is 1. The van der Waals surface area contributed by atoms with Gasteiger partial charge in [-0.15, -0.1) is 11.8 Å². The summed E-state index contributed by atoms with van der Waals surface area (Å²) in [5, 5.41) is 3.71. The molecule has 0 aromatic carbocycles. The van der Waals surface area contributed by atoms with Crippen LogP contribution in [0.4, 0.5) is 0 Å². The molecule has 1 aromatic heterocycles. The molecule has 26 heavy (non-hydrogen) atoms. The Morgan fingerprint density at radius 3 is 3.12 bits per heavy atom. The van der Waals surface area contributed by atoms with Crippen molar-refractivity contribution < 1.29 is 14.3 Å². The molecule has 7 rings (SSSR count). The van der Waals surface area contributed by atoms with E-state index in [2.05, 4.69) is 15.2 Å². The van der Waals surface area contributed by atoms with Crippen molar-refractivity contribution in [2.45, 2.75) is 36.4 Å². The number of piperidine rings is 1. The first kappa shape index (κ1) is 14.3. The van der Waals surface area contributed by atoms with Gasteiger partial charge in [-0.2, -0.15) is 0 Å². The first-order valence-corrected chi connectivity index (χ1v) is 10.0.